The number of aromatic nitrogens is 1. The van der Waals surface area contributed by atoms with Gasteiger partial charge in [-0.2, -0.15) is 0 Å². The van der Waals surface area contributed by atoms with Gasteiger partial charge in [-0.15, -0.1) is 11.3 Å². The van der Waals surface area contributed by atoms with E-state index in [9.17, 15) is 13.2 Å². The van der Waals surface area contributed by atoms with Gasteiger partial charge in [0.1, 0.15) is 0 Å². The normalized spacial score (nSPS) is 11.2. The summed E-state index contributed by atoms with van der Waals surface area (Å²) in [6.45, 7) is 1.48. The molecule has 0 aliphatic heterocycles. The average Bonchev–Trinajstić information content (AvgIpc) is 2.52. The Morgan fingerprint density at radius 3 is 2.79 bits per heavy atom. The van der Waals surface area contributed by atoms with Crippen molar-refractivity contribution in [3.05, 3.63) is 11.1 Å². The molecule has 0 fully saturated rings. The minimum atomic E-state index is -3.38. The zero-order valence-electron chi connectivity index (χ0n) is 7.22. The molecule has 14 heavy (non-hydrogen) atoms. The Balaban J connectivity index is 2.84. The van der Waals surface area contributed by atoms with Crippen molar-refractivity contribution in [1.82, 2.24) is 4.98 Å². The number of rotatable bonds is 4. The number of carbonyl (C=O) groups is 1. The van der Waals surface area contributed by atoms with Crippen LogP contribution in [0.2, 0.25) is 0 Å². The lowest BCUT2D eigenvalue weighted by atomic mass is 10.5. The number of nitrogens with one attached hydrogen (secondary N) is 1. The molecule has 0 atom stereocenters. The number of sulfonamides is 1. The fraction of sp³-hybridized carbons (Fsp3) is 0.333. The lowest BCUT2D eigenvalue weighted by Gasteiger charge is -1.99. The average molecular weight is 236 g/mol. The minimum Gasteiger partial charge on any atom is -0.476 e. The molecule has 2 N–H and O–H groups in total. The van der Waals surface area contributed by atoms with Gasteiger partial charge in [-0.3, -0.25) is 4.72 Å². The summed E-state index contributed by atoms with van der Waals surface area (Å²) in [4.78, 5) is 14.0. The maximum Gasteiger partial charge on any atom is 0.355 e. The summed E-state index contributed by atoms with van der Waals surface area (Å²) in [6.07, 6.45) is 0. The molecule has 6 nitrogen and oxygen atoms in total. The van der Waals surface area contributed by atoms with Crippen LogP contribution in [0.3, 0.4) is 0 Å². The molecular weight excluding hydrogens is 228 g/mol. The van der Waals surface area contributed by atoms with Gasteiger partial charge in [-0.05, 0) is 6.92 Å². The molecule has 8 heteroatoms. The molecule has 0 saturated heterocycles. The van der Waals surface area contributed by atoms with Gasteiger partial charge in [0.2, 0.25) is 10.0 Å². The molecule has 1 aromatic rings. The van der Waals surface area contributed by atoms with Crippen LogP contribution in [0.15, 0.2) is 5.38 Å². The van der Waals surface area contributed by atoms with Crippen LogP contribution in [0.1, 0.15) is 17.4 Å². The predicted octanol–water partition coefficient (Wildman–Crippen LogP) is 0.603. The third kappa shape index (κ3) is 2.67. The topological polar surface area (TPSA) is 96.4 Å². The van der Waals surface area contributed by atoms with Gasteiger partial charge in [-0.25, -0.2) is 18.2 Å². The van der Waals surface area contributed by atoms with Crippen molar-refractivity contribution in [1.29, 1.82) is 0 Å². The first kappa shape index (κ1) is 10.9. The highest BCUT2D eigenvalue weighted by atomic mass is 32.2. The Hall–Kier alpha value is -1.15. The molecule has 0 saturated carbocycles. The smallest absolute Gasteiger partial charge is 0.355 e. The van der Waals surface area contributed by atoms with E-state index in [1.807, 2.05) is 0 Å². The van der Waals surface area contributed by atoms with Crippen LogP contribution in [-0.4, -0.2) is 30.2 Å². The number of hydrogen-bond acceptors (Lipinski definition) is 5. The van der Waals surface area contributed by atoms with Crippen molar-refractivity contribution < 1.29 is 18.3 Å². The van der Waals surface area contributed by atoms with Crippen LogP contribution in [0.5, 0.6) is 0 Å². The highest BCUT2D eigenvalue weighted by Gasteiger charge is 2.12. The molecule has 0 amide bonds. The third-order valence-electron chi connectivity index (χ3n) is 1.35. The number of hydrogen-bond donors (Lipinski definition) is 2. The standard InChI is InChI=1S/C6H8N2O4S2/c1-2-14(11,12)8-6-7-4(3-13-6)5(9)10/h3H,2H2,1H3,(H,7,8)(H,9,10). The predicted molar refractivity (Wildman–Crippen MR) is 52.2 cm³/mol. The third-order valence-corrected chi connectivity index (χ3v) is 3.50. The Labute approximate surface area is 84.7 Å². The van der Waals surface area contributed by atoms with Gasteiger partial charge in [0, 0.05) is 5.38 Å². The van der Waals surface area contributed by atoms with Crippen molar-refractivity contribution in [2.45, 2.75) is 6.92 Å². The van der Waals surface area contributed by atoms with E-state index < -0.39 is 16.0 Å². The lowest BCUT2D eigenvalue weighted by Crippen LogP contribution is -2.14. The van der Waals surface area contributed by atoms with E-state index in [0.29, 0.717) is 0 Å². The molecule has 1 aromatic heterocycles. The fourth-order valence-corrected chi connectivity index (χ4v) is 2.18. The first-order valence-electron chi connectivity index (χ1n) is 3.64. The van der Waals surface area contributed by atoms with Crippen LogP contribution >= 0.6 is 11.3 Å². The van der Waals surface area contributed by atoms with Gasteiger partial charge >= 0.3 is 5.97 Å². The molecule has 78 valence electrons. The second-order valence-corrected chi connectivity index (χ2v) is 5.22. The van der Waals surface area contributed by atoms with E-state index in [1.54, 1.807) is 0 Å². The first-order valence-corrected chi connectivity index (χ1v) is 6.17. The molecule has 1 rings (SSSR count). The first-order chi connectivity index (χ1) is 6.44. The van der Waals surface area contributed by atoms with Gasteiger partial charge in [0.25, 0.3) is 0 Å². The number of carboxylic acids is 1. The summed E-state index contributed by atoms with van der Waals surface area (Å²) < 4.78 is 24.3. The Morgan fingerprint density at radius 1 is 1.71 bits per heavy atom. The molecular formula is C6H8N2O4S2. The fourth-order valence-electron chi connectivity index (χ4n) is 0.624. The monoisotopic (exact) mass is 236 g/mol. The minimum absolute atomic E-state index is 0.0734. The molecule has 0 unspecified atom stereocenters. The van der Waals surface area contributed by atoms with E-state index in [-0.39, 0.29) is 16.6 Å². The zero-order chi connectivity index (χ0) is 10.8. The van der Waals surface area contributed by atoms with Crippen LogP contribution < -0.4 is 4.72 Å². The van der Waals surface area contributed by atoms with Crippen LogP contribution in [0.25, 0.3) is 0 Å². The summed E-state index contributed by atoms with van der Waals surface area (Å²) in [5.41, 5.74) is -0.163. The second kappa shape index (κ2) is 3.93. The van der Waals surface area contributed by atoms with Crippen molar-refractivity contribution in [3.8, 4) is 0 Å². The highest BCUT2D eigenvalue weighted by Crippen LogP contribution is 2.16. The van der Waals surface area contributed by atoms with Crippen LogP contribution in [-0.2, 0) is 10.0 Å². The molecule has 1 heterocycles. The summed E-state index contributed by atoms with van der Waals surface area (Å²) in [5.74, 6) is -1.25. The molecule has 0 spiro atoms. The Kier molecular flexibility index (Phi) is 3.06. The SMILES string of the molecule is CCS(=O)(=O)Nc1nc(C(=O)O)cs1. The van der Waals surface area contributed by atoms with E-state index in [1.165, 1.54) is 12.3 Å². The molecule has 0 aliphatic carbocycles. The molecule has 0 radical (unpaired) electrons. The van der Waals surface area contributed by atoms with Gasteiger partial charge in [-0.1, -0.05) is 0 Å². The largest absolute Gasteiger partial charge is 0.476 e. The van der Waals surface area contributed by atoms with Gasteiger partial charge in [0.15, 0.2) is 10.8 Å². The van der Waals surface area contributed by atoms with Crippen LogP contribution in [0.4, 0.5) is 5.13 Å². The molecule has 0 aromatic carbocycles. The number of thiazole rings is 1. The van der Waals surface area contributed by atoms with E-state index in [0.717, 1.165) is 11.3 Å². The molecule has 0 bridgehead atoms. The number of nitrogens with zero attached hydrogens (tertiary/aromatic N) is 1. The maximum atomic E-state index is 11.1. The number of carboxylic acid groups (broad SMARTS) is 1. The van der Waals surface area contributed by atoms with E-state index >= 15 is 0 Å². The summed E-state index contributed by atoms with van der Waals surface area (Å²) >= 11 is 0.938. The van der Waals surface area contributed by atoms with Gasteiger partial charge in [0.05, 0.1) is 5.75 Å². The second-order valence-electron chi connectivity index (χ2n) is 2.35. The van der Waals surface area contributed by atoms with E-state index in [2.05, 4.69) is 9.71 Å². The van der Waals surface area contributed by atoms with E-state index in [4.69, 9.17) is 5.11 Å². The summed E-state index contributed by atoms with van der Waals surface area (Å²) in [5, 5.41) is 9.87. The quantitative estimate of drug-likeness (QED) is 0.798. The van der Waals surface area contributed by atoms with Crippen molar-refractivity contribution in [2.75, 3.05) is 10.5 Å². The lowest BCUT2D eigenvalue weighted by molar-refractivity contribution is 0.0691. The zero-order valence-corrected chi connectivity index (χ0v) is 8.85. The van der Waals surface area contributed by atoms with Gasteiger partial charge < -0.3 is 5.11 Å². The van der Waals surface area contributed by atoms with Crippen molar-refractivity contribution in [3.63, 3.8) is 0 Å². The van der Waals surface area contributed by atoms with Crippen molar-refractivity contribution in [2.24, 2.45) is 0 Å². The van der Waals surface area contributed by atoms with Crippen molar-refractivity contribution >= 4 is 32.5 Å². The maximum absolute atomic E-state index is 11.1. The number of anilines is 1. The molecule has 0 aliphatic rings. The summed E-state index contributed by atoms with van der Waals surface area (Å²) in [7, 11) is -3.38. The Bertz CT molecular complexity index is 436. The van der Waals surface area contributed by atoms with Crippen LogP contribution in [0, 0.1) is 0 Å². The Morgan fingerprint density at radius 2 is 2.36 bits per heavy atom. The highest BCUT2D eigenvalue weighted by molar-refractivity contribution is 7.92. The summed E-state index contributed by atoms with van der Waals surface area (Å²) in [6, 6.07) is 0. The number of aromatic carboxylic acids is 1.